The van der Waals surface area contributed by atoms with Crippen LogP contribution in [0.25, 0.3) is 0 Å². The second-order valence-electron chi connectivity index (χ2n) is 9.01. The van der Waals surface area contributed by atoms with E-state index in [1.165, 1.54) is 36.3 Å². The van der Waals surface area contributed by atoms with E-state index in [1.54, 1.807) is 18.4 Å². The van der Waals surface area contributed by atoms with Crippen molar-refractivity contribution in [3.05, 3.63) is 58.6 Å². The third-order valence-corrected chi connectivity index (χ3v) is 7.63. The lowest BCUT2D eigenvalue weighted by molar-refractivity contribution is -0.134. The van der Waals surface area contributed by atoms with Crippen molar-refractivity contribution in [1.29, 1.82) is 0 Å². The molecule has 1 atom stereocenters. The van der Waals surface area contributed by atoms with Crippen LogP contribution in [-0.4, -0.2) is 53.0 Å². The van der Waals surface area contributed by atoms with Crippen LogP contribution in [0.15, 0.2) is 48.0 Å². The predicted octanol–water partition coefficient (Wildman–Crippen LogP) is 4.40. The van der Waals surface area contributed by atoms with Crippen molar-refractivity contribution >= 4 is 23.3 Å². The summed E-state index contributed by atoms with van der Waals surface area (Å²) in [4.78, 5) is 25.2. The molecule has 1 aliphatic heterocycles. The van der Waals surface area contributed by atoms with Crippen LogP contribution < -0.4 is 10.1 Å². The summed E-state index contributed by atoms with van der Waals surface area (Å²) >= 11 is 1.75. The average molecular weight is 503 g/mol. The molecular weight excluding hydrogens is 468 g/mol. The van der Waals surface area contributed by atoms with Gasteiger partial charge in [0, 0.05) is 42.6 Å². The van der Waals surface area contributed by atoms with Crippen LogP contribution in [0.3, 0.4) is 0 Å². The molecule has 190 valence electrons. The Balaban J connectivity index is 0.000000371. The first-order valence-corrected chi connectivity index (χ1v) is 12.8. The molecule has 2 aliphatic rings. The third-order valence-electron chi connectivity index (χ3n) is 6.73. The molecule has 0 bridgehead atoms. The zero-order valence-corrected chi connectivity index (χ0v) is 20.9. The fraction of sp³-hybridized carbons (Fsp3) is 0.500. The highest BCUT2D eigenvalue weighted by Crippen LogP contribution is 2.49. The number of hydrogen-bond donors (Lipinski definition) is 3. The molecule has 3 N–H and O–H groups in total. The number of ether oxygens (including phenoxy) is 2. The minimum absolute atomic E-state index is 0.0900. The van der Waals surface area contributed by atoms with E-state index in [2.05, 4.69) is 22.8 Å². The first-order chi connectivity index (χ1) is 16.9. The molecule has 2 aromatic rings. The molecule has 8 nitrogen and oxygen atoms in total. The van der Waals surface area contributed by atoms with Crippen LogP contribution in [0.5, 0.6) is 5.75 Å². The smallest absolute Gasteiger partial charge is 0.328 e. The van der Waals surface area contributed by atoms with Crippen molar-refractivity contribution in [3.63, 3.8) is 0 Å². The maximum Gasteiger partial charge on any atom is 0.328 e. The van der Waals surface area contributed by atoms with Crippen molar-refractivity contribution in [2.45, 2.75) is 62.5 Å². The number of methoxy groups -OCH3 is 1. The summed E-state index contributed by atoms with van der Waals surface area (Å²) in [6.07, 6.45) is 11.4. The molecule has 1 aliphatic carbocycles. The van der Waals surface area contributed by atoms with Crippen LogP contribution in [0, 0.1) is 0 Å². The van der Waals surface area contributed by atoms with Gasteiger partial charge in [0.15, 0.2) is 0 Å². The number of aromatic nitrogens is 1. The largest absolute Gasteiger partial charge is 0.496 e. The van der Waals surface area contributed by atoms with Crippen molar-refractivity contribution in [2.75, 3.05) is 20.3 Å². The Morgan fingerprint density at radius 2 is 1.91 bits per heavy atom. The second-order valence-corrected chi connectivity index (χ2v) is 10.0. The lowest BCUT2D eigenvalue weighted by atomic mass is 9.68. The van der Waals surface area contributed by atoms with E-state index in [9.17, 15) is 9.59 Å². The summed E-state index contributed by atoms with van der Waals surface area (Å²) in [7, 11) is 1.74. The Kier molecular flexibility index (Phi) is 9.83. The first-order valence-electron chi connectivity index (χ1n) is 11.9. The second kappa shape index (κ2) is 12.8. The summed E-state index contributed by atoms with van der Waals surface area (Å²) in [6.45, 7) is 2.70. The van der Waals surface area contributed by atoms with Gasteiger partial charge in [-0.25, -0.2) is 9.59 Å². The van der Waals surface area contributed by atoms with Crippen LogP contribution in [-0.2, 0) is 26.3 Å². The van der Waals surface area contributed by atoms with Crippen LogP contribution in [0.1, 0.15) is 55.5 Å². The van der Waals surface area contributed by atoms with Crippen molar-refractivity contribution < 1.29 is 29.3 Å². The third kappa shape index (κ3) is 7.62. The Labute approximate surface area is 210 Å². The molecule has 0 amide bonds. The summed E-state index contributed by atoms with van der Waals surface area (Å²) < 4.78 is 11.8. The highest BCUT2D eigenvalue weighted by atomic mass is 32.1. The molecule has 3 heterocycles. The summed E-state index contributed by atoms with van der Waals surface area (Å²) in [5.74, 6) is -1.53. The Morgan fingerprint density at radius 3 is 2.54 bits per heavy atom. The number of pyridine rings is 1. The Morgan fingerprint density at radius 1 is 1.17 bits per heavy atom. The zero-order chi connectivity index (χ0) is 25.2. The van der Waals surface area contributed by atoms with Gasteiger partial charge in [-0.15, -0.1) is 11.3 Å². The first kappa shape index (κ1) is 26.8. The number of carboxylic acids is 2. The highest BCUT2D eigenvalue weighted by Gasteiger charge is 2.48. The maximum atomic E-state index is 9.55. The molecule has 0 aromatic carbocycles. The molecule has 1 saturated heterocycles. The van der Waals surface area contributed by atoms with E-state index in [0.717, 1.165) is 44.7 Å². The van der Waals surface area contributed by atoms with E-state index in [4.69, 9.17) is 24.7 Å². The van der Waals surface area contributed by atoms with E-state index in [-0.39, 0.29) is 11.0 Å². The number of thiophene rings is 1. The fourth-order valence-corrected chi connectivity index (χ4v) is 5.92. The van der Waals surface area contributed by atoms with E-state index < -0.39 is 11.9 Å². The maximum absolute atomic E-state index is 9.55. The van der Waals surface area contributed by atoms with E-state index >= 15 is 0 Å². The van der Waals surface area contributed by atoms with Gasteiger partial charge in [-0.1, -0.05) is 18.9 Å². The van der Waals surface area contributed by atoms with Crippen molar-refractivity contribution in [3.8, 4) is 5.75 Å². The summed E-state index contributed by atoms with van der Waals surface area (Å²) in [5.41, 5.74) is 1.46. The molecule has 0 radical (unpaired) electrons. The normalized spacial score (nSPS) is 20.9. The van der Waals surface area contributed by atoms with Gasteiger partial charge in [-0.2, -0.15) is 0 Å². The number of hydrogen-bond acceptors (Lipinski definition) is 7. The minimum Gasteiger partial charge on any atom is -0.496 e. The van der Waals surface area contributed by atoms with Gasteiger partial charge in [0.1, 0.15) is 5.75 Å². The average Bonchev–Trinajstić information content (AvgIpc) is 3.51. The topological polar surface area (TPSA) is 118 Å². The number of nitrogens with one attached hydrogen (secondary N) is 1. The predicted molar refractivity (Wildman–Crippen MR) is 134 cm³/mol. The number of carbonyl (C=O) groups is 2. The van der Waals surface area contributed by atoms with Gasteiger partial charge in [-0.05, 0) is 62.2 Å². The monoisotopic (exact) mass is 502 g/mol. The Bertz CT molecular complexity index is 971. The molecule has 1 saturated carbocycles. The number of nitrogens with zero attached hydrogens (tertiary/aromatic N) is 1. The van der Waals surface area contributed by atoms with Gasteiger partial charge in [-0.3, -0.25) is 4.98 Å². The lowest BCUT2D eigenvalue weighted by Gasteiger charge is -2.46. The van der Waals surface area contributed by atoms with Crippen LogP contribution >= 0.6 is 11.3 Å². The molecule has 35 heavy (non-hydrogen) atoms. The standard InChI is InChI=1S/C22H30N2O2S.C4H4O4/c1-25-18-7-15-27-19(18)16-23-13-10-21(20-6-2-5-12-24-20)11-14-26-22(17-21)8-3-4-9-22;5-3(6)1-2-4(7)8/h2,5-7,12,15,23H,3-4,8-11,13-14,16-17H2,1H3;1-2H,(H,5,6)(H,7,8)/b;2-1-/t21-;/m1./s1. The highest BCUT2D eigenvalue weighted by molar-refractivity contribution is 7.10. The van der Waals surface area contributed by atoms with Gasteiger partial charge in [0.25, 0.3) is 0 Å². The molecule has 2 fully saturated rings. The van der Waals surface area contributed by atoms with Gasteiger partial charge < -0.3 is 25.0 Å². The van der Waals surface area contributed by atoms with Gasteiger partial charge in [0.05, 0.1) is 17.6 Å². The van der Waals surface area contributed by atoms with E-state index in [0.29, 0.717) is 12.2 Å². The number of aliphatic carboxylic acids is 2. The SMILES string of the molecule is COc1ccsc1CNCC[C@@]1(c2ccccn2)CCOC2(CCCC2)C1.O=C(O)/C=C\C(=O)O. The summed E-state index contributed by atoms with van der Waals surface area (Å²) in [6, 6.07) is 8.41. The summed E-state index contributed by atoms with van der Waals surface area (Å²) in [5, 5.41) is 21.4. The molecule has 9 heteroatoms. The number of rotatable bonds is 9. The quantitative estimate of drug-likeness (QED) is 0.341. The minimum atomic E-state index is -1.26. The van der Waals surface area contributed by atoms with Crippen LogP contribution in [0.2, 0.25) is 0 Å². The van der Waals surface area contributed by atoms with Crippen molar-refractivity contribution in [1.82, 2.24) is 10.3 Å². The molecule has 0 unspecified atom stereocenters. The van der Waals surface area contributed by atoms with Gasteiger partial charge >= 0.3 is 11.9 Å². The molecular formula is C26H34N2O6S. The van der Waals surface area contributed by atoms with Crippen molar-refractivity contribution in [2.24, 2.45) is 0 Å². The fourth-order valence-electron chi connectivity index (χ4n) is 5.11. The Hall–Kier alpha value is -2.75. The number of carboxylic acid groups (broad SMARTS) is 2. The zero-order valence-electron chi connectivity index (χ0n) is 20.1. The molecule has 2 aromatic heterocycles. The molecule has 1 spiro atoms. The molecule has 4 rings (SSSR count). The van der Waals surface area contributed by atoms with Gasteiger partial charge in [0.2, 0.25) is 0 Å². The van der Waals surface area contributed by atoms with E-state index in [1.807, 2.05) is 18.3 Å². The van der Waals surface area contributed by atoms with Crippen LogP contribution in [0.4, 0.5) is 0 Å². The lowest BCUT2D eigenvalue weighted by Crippen LogP contribution is -2.47.